The second-order valence-corrected chi connectivity index (χ2v) is 4.61. The predicted molar refractivity (Wildman–Crippen MR) is 63.5 cm³/mol. The lowest BCUT2D eigenvalue weighted by molar-refractivity contribution is -0.123. The molecule has 0 bridgehead atoms. The summed E-state index contributed by atoms with van der Waals surface area (Å²) >= 11 is 11.5. The van der Waals surface area contributed by atoms with E-state index in [4.69, 9.17) is 28.9 Å². The van der Waals surface area contributed by atoms with Crippen LogP contribution in [0.25, 0.3) is 0 Å². The van der Waals surface area contributed by atoms with Crippen molar-refractivity contribution in [1.29, 1.82) is 0 Å². The Kier molecular flexibility index (Phi) is 4.07. The van der Waals surface area contributed by atoms with Crippen LogP contribution in [0.2, 0.25) is 10.2 Å². The molecule has 1 heterocycles. The van der Waals surface area contributed by atoms with Crippen LogP contribution in [0.3, 0.4) is 0 Å². The molecule has 0 aromatic carbocycles. The summed E-state index contributed by atoms with van der Waals surface area (Å²) in [4.78, 5) is 19.3. The first-order valence-electron chi connectivity index (χ1n) is 4.56. The molecule has 0 radical (unpaired) electrons. The topological polar surface area (TPSA) is 80.9 Å². The first-order valence-corrected chi connectivity index (χ1v) is 5.31. The number of hydrogen-bond donors (Lipinski definition) is 2. The van der Waals surface area contributed by atoms with Crippen molar-refractivity contribution in [1.82, 2.24) is 9.97 Å². The van der Waals surface area contributed by atoms with Gasteiger partial charge in [-0.2, -0.15) is 0 Å². The number of rotatable bonds is 3. The largest absolute Gasteiger partial charge is 0.329 e. The average molecular weight is 263 g/mol. The van der Waals surface area contributed by atoms with Gasteiger partial charge in [-0.15, -0.1) is 0 Å². The van der Waals surface area contributed by atoms with E-state index in [-0.39, 0.29) is 28.4 Å². The maximum atomic E-state index is 11.8. The van der Waals surface area contributed by atoms with E-state index in [2.05, 4.69) is 15.3 Å². The van der Waals surface area contributed by atoms with E-state index in [1.807, 2.05) is 0 Å². The highest BCUT2D eigenvalue weighted by molar-refractivity contribution is 6.42. The summed E-state index contributed by atoms with van der Waals surface area (Å²) in [6.07, 6.45) is 1.22. The standard InChI is InChI=1S/C9H12Cl2N4O/c1-9(2,3-12)8(16)15-7-5(10)6(11)13-4-14-7/h4H,3,12H2,1-2H3,(H,13,14,15,16). The molecule has 0 aliphatic heterocycles. The number of aromatic nitrogens is 2. The number of anilines is 1. The molecule has 0 aliphatic carbocycles. The van der Waals surface area contributed by atoms with Crippen LogP contribution < -0.4 is 11.1 Å². The van der Waals surface area contributed by atoms with Crippen LogP contribution in [-0.4, -0.2) is 22.4 Å². The van der Waals surface area contributed by atoms with Crippen molar-refractivity contribution in [3.05, 3.63) is 16.5 Å². The van der Waals surface area contributed by atoms with Crippen LogP contribution in [0.15, 0.2) is 6.33 Å². The van der Waals surface area contributed by atoms with Crippen LogP contribution in [-0.2, 0) is 4.79 Å². The van der Waals surface area contributed by atoms with Crippen molar-refractivity contribution in [2.24, 2.45) is 11.1 Å². The molecule has 1 aromatic heterocycles. The van der Waals surface area contributed by atoms with Crippen molar-refractivity contribution in [2.75, 3.05) is 11.9 Å². The first-order chi connectivity index (χ1) is 7.38. The summed E-state index contributed by atoms with van der Waals surface area (Å²) in [6, 6.07) is 0. The van der Waals surface area contributed by atoms with Crippen molar-refractivity contribution in [3.8, 4) is 0 Å². The van der Waals surface area contributed by atoms with E-state index in [0.29, 0.717) is 0 Å². The number of halogens is 2. The van der Waals surface area contributed by atoms with E-state index in [9.17, 15) is 4.79 Å². The minimum atomic E-state index is -0.694. The Morgan fingerprint density at radius 2 is 2.12 bits per heavy atom. The molecule has 1 amide bonds. The predicted octanol–water partition coefficient (Wildman–Crippen LogP) is 1.71. The summed E-state index contributed by atoms with van der Waals surface area (Å²) in [5, 5.41) is 2.77. The highest BCUT2D eigenvalue weighted by atomic mass is 35.5. The number of nitrogens with two attached hydrogens (primary N) is 1. The van der Waals surface area contributed by atoms with E-state index in [0.717, 1.165) is 0 Å². The lowest BCUT2D eigenvalue weighted by atomic mass is 9.93. The summed E-state index contributed by atoms with van der Waals surface area (Å²) in [5.74, 6) is -0.0835. The van der Waals surface area contributed by atoms with Crippen LogP contribution in [0.1, 0.15) is 13.8 Å². The molecular weight excluding hydrogens is 251 g/mol. The van der Waals surface area contributed by atoms with E-state index in [1.165, 1.54) is 6.33 Å². The molecule has 0 atom stereocenters. The van der Waals surface area contributed by atoms with Crippen LogP contribution in [0.4, 0.5) is 5.82 Å². The molecule has 0 saturated heterocycles. The third-order valence-corrected chi connectivity index (χ3v) is 2.85. The number of hydrogen-bond acceptors (Lipinski definition) is 4. The zero-order valence-corrected chi connectivity index (χ0v) is 10.4. The van der Waals surface area contributed by atoms with Gasteiger partial charge in [-0.05, 0) is 13.8 Å². The van der Waals surface area contributed by atoms with Gasteiger partial charge in [0.1, 0.15) is 11.3 Å². The zero-order chi connectivity index (χ0) is 12.3. The second-order valence-electron chi connectivity index (χ2n) is 3.87. The molecule has 7 heteroatoms. The Morgan fingerprint density at radius 3 is 2.69 bits per heavy atom. The van der Waals surface area contributed by atoms with Gasteiger partial charge in [0.15, 0.2) is 11.0 Å². The van der Waals surface area contributed by atoms with Gasteiger partial charge in [0, 0.05) is 6.54 Å². The normalized spacial score (nSPS) is 11.3. The fourth-order valence-corrected chi connectivity index (χ4v) is 1.08. The molecule has 3 N–H and O–H groups in total. The van der Waals surface area contributed by atoms with Crippen LogP contribution in [0, 0.1) is 5.41 Å². The Hall–Kier alpha value is -0.910. The maximum Gasteiger partial charge on any atom is 0.232 e. The van der Waals surface area contributed by atoms with Crippen LogP contribution >= 0.6 is 23.2 Å². The molecule has 0 aliphatic rings. The first kappa shape index (κ1) is 13.2. The Bertz CT molecular complexity index is 408. The Morgan fingerprint density at radius 1 is 1.50 bits per heavy atom. The van der Waals surface area contributed by atoms with Crippen molar-refractivity contribution < 1.29 is 4.79 Å². The van der Waals surface area contributed by atoms with E-state index in [1.54, 1.807) is 13.8 Å². The second kappa shape index (κ2) is 4.95. The van der Waals surface area contributed by atoms with Crippen molar-refractivity contribution in [3.63, 3.8) is 0 Å². The van der Waals surface area contributed by atoms with Crippen molar-refractivity contribution in [2.45, 2.75) is 13.8 Å². The van der Waals surface area contributed by atoms with Gasteiger partial charge in [-0.25, -0.2) is 9.97 Å². The minimum absolute atomic E-state index is 0.0949. The molecule has 16 heavy (non-hydrogen) atoms. The van der Waals surface area contributed by atoms with Gasteiger partial charge in [0.2, 0.25) is 5.91 Å². The smallest absolute Gasteiger partial charge is 0.232 e. The Labute approximate surface area is 103 Å². The number of amides is 1. The molecule has 0 fully saturated rings. The number of nitrogens with zero attached hydrogens (tertiary/aromatic N) is 2. The fraction of sp³-hybridized carbons (Fsp3) is 0.444. The van der Waals surface area contributed by atoms with Gasteiger partial charge in [0.05, 0.1) is 5.41 Å². The highest BCUT2D eigenvalue weighted by Crippen LogP contribution is 2.26. The fourth-order valence-electron chi connectivity index (χ4n) is 0.805. The summed E-state index contributed by atoms with van der Waals surface area (Å²) in [6.45, 7) is 3.66. The molecule has 5 nitrogen and oxygen atoms in total. The van der Waals surface area contributed by atoms with E-state index >= 15 is 0 Å². The number of nitrogens with one attached hydrogen (secondary N) is 1. The van der Waals surface area contributed by atoms with Gasteiger partial charge in [-0.3, -0.25) is 4.79 Å². The third-order valence-electron chi connectivity index (χ3n) is 2.10. The van der Waals surface area contributed by atoms with Crippen molar-refractivity contribution >= 4 is 34.9 Å². The molecule has 0 spiro atoms. The molecular formula is C9H12Cl2N4O. The molecule has 88 valence electrons. The summed E-state index contributed by atoms with van der Waals surface area (Å²) in [5.41, 5.74) is 4.78. The van der Waals surface area contributed by atoms with E-state index < -0.39 is 5.41 Å². The quantitative estimate of drug-likeness (QED) is 0.813. The monoisotopic (exact) mass is 262 g/mol. The number of carbonyl (C=O) groups excluding carboxylic acids is 1. The summed E-state index contributed by atoms with van der Waals surface area (Å²) < 4.78 is 0. The molecule has 1 aromatic rings. The van der Waals surface area contributed by atoms with Crippen LogP contribution in [0.5, 0.6) is 0 Å². The molecule has 0 unspecified atom stereocenters. The lowest BCUT2D eigenvalue weighted by Gasteiger charge is -2.21. The Balaban J connectivity index is 2.90. The summed E-state index contributed by atoms with van der Waals surface area (Å²) in [7, 11) is 0. The van der Waals surface area contributed by atoms with Gasteiger partial charge in [-0.1, -0.05) is 23.2 Å². The minimum Gasteiger partial charge on any atom is -0.329 e. The van der Waals surface area contributed by atoms with Gasteiger partial charge in [0.25, 0.3) is 0 Å². The molecule has 0 saturated carbocycles. The maximum absolute atomic E-state index is 11.8. The average Bonchev–Trinajstić information content (AvgIpc) is 2.24. The number of carbonyl (C=O) groups is 1. The highest BCUT2D eigenvalue weighted by Gasteiger charge is 2.26. The zero-order valence-electron chi connectivity index (χ0n) is 8.92. The lowest BCUT2D eigenvalue weighted by Crippen LogP contribution is -2.37. The molecule has 1 rings (SSSR count). The van der Waals surface area contributed by atoms with Gasteiger partial charge < -0.3 is 11.1 Å². The third kappa shape index (κ3) is 2.81. The SMILES string of the molecule is CC(C)(CN)C(=O)Nc1ncnc(Cl)c1Cl. The van der Waals surface area contributed by atoms with Gasteiger partial charge >= 0.3 is 0 Å².